The Bertz CT molecular complexity index is 1640. The van der Waals surface area contributed by atoms with Gasteiger partial charge in [0.2, 0.25) is 0 Å². The fourth-order valence-corrected chi connectivity index (χ4v) is 5.06. The largest absolute Gasteiger partial charge is 0.497 e. The maximum atomic E-state index is 12.8. The molecule has 4 rings (SSSR count). The van der Waals surface area contributed by atoms with Crippen molar-refractivity contribution in [3.8, 4) is 28.1 Å². The van der Waals surface area contributed by atoms with Gasteiger partial charge in [-0.3, -0.25) is 9.59 Å². The normalized spacial score (nSPS) is 11.2. The van der Waals surface area contributed by atoms with Gasteiger partial charge in [-0.1, -0.05) is 61.2 Å². The number of amides is 2. The van der Waals surface area contributed by atoms with Gasteiger partial charge in [0, 0.05) is 34.8 Å². The summed E-state index contributed by atoms with van der Waals surface area (Å²) in [5.41, 5.74) is 10.8. The second-order valence-electron chi connectivity index (χ2n) is 9.31. The van der Waals surface area contributed by atoms with Crippen LogP contribution in [-0.2, 0) is 16.4 Å². The third-order valence-electron chi connectivity index (χ3n) is 6.54. The first-order valence-electron chi connectivity index (χ1n) is 12.6. The molecule has 206 valence electrons. The lowest BCUT2D eigenvalue weighted by atomic mass is 10.0. The lowest BCUT2D eigenvalue weighted by Crippen LogP contribution is -2.29. The summed E-state index contributed by atoms with van der Waals surface area (Å²) < 4.78 is 31.0. The number of hydrogen-bond donors (Lipinski definition) is 2. The van der Waals surface area contributed by atoms with Gasteiger partial charge in [-0.25, -0.2) is 8.42 Å². The van der Waals surface area contributed by atoms with Crippen molar-refractivity contribution in [2.45, 2.75) is 13.5 Å². The molecule has 0 aliphatic carbocycles. The average molecular weight is 558 g/mol. The van der Waals surface area contributed by atoms with E-state index in [0.717, 1.165) is 22.4 Å². The van der Waals surface area contributed by atoms with E-state index in [1.807, 2.05) is 65.2 Å². The molecule has 0 fully saturated rings. The lowest BCUT2D eigenvalue weighted by Gasteiger charge is -2.14. The number of nitrogens with zero attached hydrogens (tertiary/aromatic N) is 1. The van der Waals surface area contributed by atoms with Crippen LogP contribution in [0.25, 0.3) is 22.4 Å². The molecule has 0 bridgehead atoms. The molecule has 0 unspecified atom stereocenters. The van der Waals surface area contributed by atoms with E-state index in [2.05, 4.69) is 11.9 Å². The molecule has 0 aliphatic heterocycles. The third kappa shape index (κ3) is 6.32. The average Bonchev–Trinajstić information content (AvgIpc) is 3.33. The van der Waals surface area contributed by atoms with Crippen LogP contribution in [0.1, 0.15) is 33.3 Å². The van der Waals surface area contributed by atoms with Gasteiger partial charge in [0.15, 0.2) is 9.84 Å². The number of sulfone groups is 1. The lowest BCUT2D eigenvalue weighted by molar-refractivity contribution is 0.0954. The summed E-state index contributed by atoms with van der Waals surface area (Å²) in [6.07, 6.45) is 0. The molecule has 3 aromatic carbocycles. The third-order valence-corrected chi connectivity index (χ3v) is 8.35. The number of primary amides is 1. The Kier molecular flexibility index (Phi) is 8.55. The van der Waals surface area contributed by atoms with Crippen LogP contribution in [-0.4, -0.2) is 44.2 Å². The minimum absolute atomic E-state index is 0.0182. The number of carbonyl (C=O) groups is 2. The zero-order valence-electron chi connectivity index (χ0n) is 22.4. The van der Waals surface area contributed by atoms with Crippen LogP contribution < -0.4 is 15.8 Å². The number of methoxy groups -OCH3 is 1. The molecule has 8 nitrogen and oxygen atoms in total. The van der Waals surface area contributed by atoms with Crippen LogP contribution in [0.2, 0.25) is 0 Å². The van der Waals surface area contributed by atoms with Crippen LogP contribution in [0, 0.1) is 0 Å². The minimum Gasteiger partial charge on any atom is -0.497 e. The summed E-state index contributed by atoms with van der Waals surface area (Å²) in [6.45, 7) is 5.19. The highest BCUT2D eigenvalue weighted by molar-refractivity contribution is 7.95. The van der Waals surface area contributed by atoms with E-state index in [0.29, 0.717) is 29.1 Å². The molecule has 9 heteroatoms. The van der Waals surface area contributed by atoms with E-state index in [1.54, 1.807) is 31.4 Å². The summed E-state index contributed by atoms with van der Waals surface area (Å²) in [7, 11) is -1.84. The number of ether oxygens (including phenoxy) is 1. The fraction of sp³-hybridized carbons (Fsp3) is 0.161. The zero-order valence-corrected chi connectivity index (χ0v) is 23.2. The maximum absolute atomic E-state index is 12.8. The number of carbonyl (C=O) groups excluding carboxylic acids is 2. The number of benzene rings is 3. The Hall–Kier alpha value is -4.63. The van der Waals surface area contributed by atoms with Crippen LogP contribution in [0.15, 0.2) is 96.4 Å². The van der Waals surface area contributed by atoms with Gasteiger partial charge in [-0.2, -0.15) is 0 Å². The van der Waals surface area contributed by atoms with Gasteiger partial charge in [0.05, 0.1) is 12.9 Å². The van der Waals surface area contributed by atoms with E-state index < -0.39 is 15.7 Å². The molecule has 3 N–H and O–H groups in total. The summed E-state index contributed by atoms with van der Waals surface area (Å²) in [5.74, 6) is -0.453. The highest BCUT2D eigenvalue weighted by Gasteiger charge is 2.22. The van der Waals surface area contributed by atoms with Crippen molar-refractivity contribution in [1.82, 2.24) is 9.88 Å². The molecule has 1 aromatic heterocycles. The smallest absolute Gasteiger partial charge is 0.266 e. The molecule has 0 spiro atoms. The van der Waals surface area contributed by atoms with Crippen molar-refractivity contribution in [3.63, 3.8) is 0 Å². The SMILES string of the molecule is C=C(C)S(=O)(=O)CCNC(=O)c1ccc(Cn2c(-c3ccccc3)cc(-c3ccc(OC)cc3)c2C(N)=O)cc1. The Morgan fingerprint density at radius 3 is 2.17 bits per heavy atom. The van der Waals surface area contributed by atoms with Crippen molar-refractivity contribution in [2.24, 2.45) is 5.73 Å². The molecule has 1 heterocycles. The number of aromatic nitrogens is 1. The molecule has 0 saturated heterocycles. The molecule has 0 aliphatic rings. The summed E-state index contributed by atoms with van der Waals surface area (Å²) in [4.78, 5) is 25.4. The van der Waals surface area contributed by atoms with Gasteiger partial charge in [0.1, 0.15) is 11.4 Å². The van der Waals surface area contributed by atoms with Crippen molar-refractivity contribution in [2.75, 3.05) is 19.4 Å². The Labute approximate surface area is 234 Å². The van der Waals surface area contributed by atoms with Gasteiger partial charge < -0.3 is 20.4 Å². The molecule has 0 saturated carbocycles. The fourth-order valence-electron chi connectivity index (χ4n) is 4.34. The van der Waals surface area contributed by atoms with Gasteiger partial charge >= 0.3 is 0 Å². The summed E-state index contributed by atoms with van der Waals surface area (Å²) in [5, 5.41) is 2.63. The minimum atomic E-state index is -3.43. The molecule has 2 amide bonds. The second kappa shape index (κ2) is 12.0. The van der Waals surface area contributed by atoms with E-state index in [4.69, 9.17) is 10.5 Å². The number of allylic oxidation sites excluding steroid dienone is 1. The predicted molar refractivity (Wildman–Crippen MR) is 157 cm³/mol. The quantitative estimate of drug-likeness (QED) is 0.278. The number of nitrogens with one attached hydrogen (secondary N) is 1. The van der Waals surface area contributed by atoms with Crippen molar-refractivity contribution in [3.05, 3.63) is 113 Å². The Morgan fingerprint density at radius 1 is 0.950 bits per heavy atom. The topological polar surface area (TPSA) is 120 Å². The van der Waals surface area contributed by atoms with Gasteiger partial charge in [0.25, 0.3) is 11.8 Å². The van der Waals surface area contributed by atoms with E-state index in [1.165, 1.54) is 6.92 Å². The van der Waals surface area contributed by atoms with E-state index >= 15 is 0 Å². The van der Waals surface area contributed by atoms with E-state index in [-0.39, 0.29) is 23.1 Å². The van der Waals surface area contributed by atoms with Gasteiger partial charge in [-0.15, -0.1) is 0 Å². The van der Waals surface area contributed by atoms with Crippen molar-refractivity contribution in [1.29, 1.82) is 0 Å². The van der Waals surface area contributed by atoms with Crippen LogP contribution in [0.5, 0.6) is 5.75 Å². The maximum Gasteiger partial charge on any atom is 0.266 e. The molecular formula is C31H31N3O5S. The second-order valence-corrected chi connectivity index (χ2v) is 11.6. The molecule has 40 heavy (non-hydrogen) atoms. The molecule has 4 aromatic rings. The van der Waals surface area contributed by atoms with Crippen LogP contribution in [0.3, 0.4) is 0 Å². The Balaban J connectivity index is 1.64. The van der Waals surface area contributed by atoms with Crippen molar-refractivity contribution < 1.29 is 22.7 Å². The molecular weight excluding hydrogens is 526 g/mol. The number of rotatable bonds is 11. The Morgan fingerprint density at radius 2 is 1.60 bits per heavy atom. The van der Waals surface area contributed by atoms with Crippen LogP contribution >= 0.6 is 0 Å². The number of nitrogens with two attached hydrogens (primary N) is 1. The standard InChI is InChI=1S/C31H31N3O5S/c1-21(2)40(37,38)18-17-33-31(36)25-11-9-22(10-12-25)20-34-28(24-7-5-4-6-8-24)19-27(29(34)30(32)35)23-13-15-26(39-3)16-14-23/h4-16,19H,1,17-18,20H2,2-3H3,(H2,32,35)(H,33,36). The van der Waals surface area contributed by atoms with Gasteiger partial charge in [-0.05, 0) is 53.9 Å². The first kappa shape index (κ1) is 28.4. The summed E-state index contributed by atoms with van der Waals surface area (Å²) in [6, 6.07) is 26.0. The molecule has 0 radical (unpaired) electrons. The first-order chi connectivity index (χ1) is 19.1. The van der Waals surface area contributed by atoms with Crippen molar-refractivity contribution >= 4 is 21.7 Å². The van der Waals surface area contributed by atoms with Crippen LogP contribution in [0.4, 0.5) is 0 Å². The highest BCUT2D eigenvalue weighted by atomic mass is 32.2. The highest BCUT2D eigenvalue weighted by Crippen LogP contribution is 2.34. The summed E-state index contributed by atoms with van der Waals surface area (Å²) >= 11 is 0. The zero-order chi connectivity index (χ0) is 28.9. The van der Waals surface area contributed by atoms with E-state index in [9.17, 15) is 18.0 Å². The first-order valence-corrected chi connectivity index (χ1v) is 14.2. The molecule has 0 atom stereocenters. The predicted octanol–water partition coefficient (Wildman–Crippen LogP) is 4.66. The monoisotopic (exact) mass is 557 g/mol. The number of hydrogen-bond acceptors (Lipinski definition) is 5.